The molecule has 0 aliphatic carbocycles. The van der Waals surface area contributed by atoms with Crippen molar-refractivity contribution < 1.29 is 14.6 Å². The lowest BCUT2D eigenvalue weighted by Crippen LogP contribution is -2.52. The third-order valence-corrected chi connectivity index (χ3v) is 3.82. The van der Waals surface area contributed by atoms with Crippen molar-refractivity contribution in [3.63, 3.8) is 0 Å². The van der Waals surface area contributed by atoms with Crippen LogP contribution in [0.5, 0.6) is 5.75 Å². The quantitative estimate of drug-likeness (QED) is 0.692. The van der Waals surface area contributed by atoms with E-state index in [1.807, 2.05) is 39.8 Å². The third-order valence-electron chi connectivity index (χ3n) is 3.82. The second-order valence-electron chi connectivity index (χ2n) is 8.50. The van der Waals surface area contributed by atoms with Gasteiger partial charge in [0, 0.05) is 24.2 Å². The molecule has 0 aromatic heterocycles. The van der Waals surface area contributed by atoms with Crippen molar-refractivity contribution in [3.8, 4) is 5.75 Å². The minimum Gasteiger partial charge on any atom is -0.508 e. The molecule has 1 rings (SSSR count). The first-order valence-electron chi connectivity index (χ1n) is 8.90. The maximum absolute atomic E-state index is 12.0. The Balaban J connectivity index is 2.74. The lowest BCUT2D eigenvalue weighted by molar-refractivity contribution is 0.0507. The number of rotatable bonds is 7. The van der Waals surface area contributed by atoms with Crippen molar-refractivity contribution in [2.24, 2.45) is 5.92 Å². The summed E-state index contributed by atoms with van der Waals surface area (Å²) in [5.41, 5.74) is 1.14. The van der Waals surface area contributed by atoms with E-state index in [0.717, 1.165) is 17.5 Å². The molecular weight excluding hydrogens is 316 g/mol. The van der Waals surface area contributed by atoms with E-state index in [0.29, 0.717) is 19.0 Å². The molecule has 1 unspecified atom stereocenters. The number of hydrogen-bond acceptors (Lipinski definition) is 4. The summed E-state index contributed by atoms with van der Waals surface area (Å²) in [6.07, 6.45) is 0.470. The monoisotopic (exact) mass is 350 g/mol. The van der Waals surface area contributed by atoms with Crippen LogP contribution in [0.4, 0.5) is 4.79 Å². The molecule has 0 heterocycles. The fourth-order valence-electron chi connectivity index (χ4n) is 2.85. The molecular formula is C20H34N2O3. The number of carbonyl (C=O) groups is 1. The summed E-state index contributed by atoms with van der Waals surface area (Å²) >= 11 is 0. The SMILES string of the molecule is Cc1ccc(O)c(CNC(C)(CNC(=O)OC(C)(C)C)CC(C)C)c1. The van der Waals surface area contributed by atoms with Crippen molar-refractivity contribution in [2.75, 3.05) is 6.54 Å². The molecule has 0 aliphatic heterocycles. The second kappa shape index (κ2) is 8.56. The van der Waals surface area contributed by atoms with E-state index < -0.39 is 11.7 Å². The highest BCUT2D eigenvalue weighted by Gasteiger charge is 2.27. The number of benzene rings is 1. The number of phenolic OH excluding ortho intramolecular Hbond substituents is 1. The molecule has 25 heavy (non-hydrogen) atoms. The molecule has 1 aromatic rings. The van der Waals surface area contributed by atoms with Gasteiger partial charge in [-0.15, -0.1) is 0 Å². The number of carbonyl (C=O) groups excluding carboxylic acids is 1. The molecule has 0 saturated heterocycles. The fourth-order valence-corrected chi connectivity index (χ4v) is 2.85. The molecule has 3 N–H and O–H groups in total. The molecule has 1 aromatic carbocycles. The number of ether oxygens (including phenoxy) is 1. The Morgan fingerprint density at radius 3 is 2.44 bits per heavy atom. The van der Waals surface area contributed by atoms with Crippen molar-refractivity contribution in [1.29, 1.82) is 0 Å². The standard InChI is InChI=1S/C20H34N2O3/c1-14(2)11-20(7,13-21-18(24)25-19(4,5)6)22-12-16-10-15(3)8-9-17(16)23/h8-10,14,22-23H,11-13H2,1-7H3,(H,21,24). The number of alkyl carbamates (subject to hydrolysis) is 1. The van der Waals surface area contributed by atoms with E-state index in [1.165, 1.54) is 0 Å². The minimum absolute atomic E-state index is 0.282. The average molecular weight is 351 g/mol. The van der Waals surface area contributed by atoms with Crippen LogP contribution in [0.3, 0.4) is 0 Å². The van der Waals surface area contributed by atoms with E-state index in [1.54, 1.807) is 6.07 Å². The molecule has 0 aliphatic rings. The summed E-state index contributed by atoms with van der Waals surface area (Å²) in [6, 6.07) is 5.57. The van der Waals surface area contributed by atoms with E-state index in [4.69, 9.17) is 4.74 Å². The number of aryl methyl sites for hydroxylation is 1. The molecule has 5 nitrogen and oxygen atoms in total. The van der Waals surface area contributed by atoms with E-state index >= 15 is 0 Å². The van der Waals surface area contributed by atoms with Crippen LogP contribution in [-0.4, -0.2) is 28.9 Å². The molecule has 142 valence electrons. The van der Waals surface area contributed by atoms with Crippen LogP contribution in [0, 0.1) is 12.8 Å². The average Bonchev–Trinajstić information content (AvgIpc) is 2.44. The van der Waals surface area contributed by atoms with Crippen molar-refractivity contribution >= 4 is 6.09 Å². The molecule has 0 saturated carbocycles. The molecule has 0 bridgehead atoms. The van der Waals surface area contributed by atoms with Crippen LogP contribution in [0.25, 0.3) is 0 Å². The van der Waals surface area contributed by atoms with Gasteiger partial charge in [-0.25, -0.2) is 4.79 Å². The van der Waals surface area contributed by atoms with E-state index in [-0.39, 0.29) is 11.3 Å². The topological polar surface area (TPSA) is 70.6 Å². The summed E-state index contributed by atoms with van der Waals surface area (Å²) in [4.78, 5) is 12.0. The highest BCUT2D eigenvalue weighted by Crippen LogP contribution is 2.21. The number of hydrogen-bond donors (Lipinski definition) is 3. The van der Waals surface area contributed by atoms with Gasteiger partial charge in [-0.3, -0.25) is 0 Å². The van der Waals surface area contributed by atoms with Crippen molar-refractivity contribution in [1.82, 2.24) is 10.6 Å². The summed E-state index contributed by atoms with van der Waals surface area (Å²) < 4.78 is 5.32. The first-order valence-corrected chi connectivity index (χ1v) is 8.90. The Hall–Kier alpha value is -1.75. The van der Waals surface area contributed by atoms with Crippen LogP contribution in [0.2, 0.25) is 0 Å². The van der Waals surface area contributed by atoms with Gasteiger partial charge in [0.1, 0.15) is 11.4 Å². The molecule has 0 radical (unpaired) electrons. The van der Waals surface area contributed by atoms with Crippen LogP contribution >= 0.6 is 0 Å². The Labute approximate surface area is 152 Å². The van der Waals surface area contributed by atoms with Gasteiger partial charge in [-0.1, -0.05) is 31.5 Å². The smallest absolute Gasteiger partial charge is 0.407 e. The highest BCUT2D eigenvalue weighted by molar-refractivity contribution is 5.67. The van der Waals surface area contributed by atoms with E-state index in [9.17, 15) is 9.90 Å². The first kappa shape index (κ1) is 21.3. The second-order valence-corrected chi connectivity index (χ2v) is 8.50. The minimum atomic E-state index is -0.515. The van der Waals surface area contributed by atoms with Crippen LogP contribution < -0.4 is 10.6 Å². The normalized spacial score (nSPS) is 14.2. The summed E-state index contributed by atoms with van der Waals surface area (Å²) in [6.45, 7) is 14.9. The molecule has 1 atom stereocenters. The third kappa shape index (κ3) is 8.25. The maximum Gasteiger partial charge on any atom is 0.407 e. The van der Waals surface area contributed by atoms with Crippen LogP contribution in [-0.2, 0) is 11.3 Å². The highest BCUT2D eigenvalue weighted by atomic mass is 16.6. The lowest BCUT2D eigenvalue weighted by Gasteiger charge is -2.33. The maximum atomic E-state index is 12.0. The molecule has 0 spiro atoms. The van der Waals surface area contributed by atoms with Gasteiger partial charge in [0.25, 0.3) is 0 Å². The lowest BCUT2D eigenvalue weighted by atomic mass is 9.90. The summed E-state index contributed by atoms with van der Waals surface area (Å²) in [5, 5.41) is 16.4. The predicted molar refractivity (Wildman–Crippen MR) is 102 cm³/mol. The van der Waals surface area contributed by atoms with Gasteiger partial charge < -0.3 is 20.5 Å². The van der Waals surface area contributed by atoms with E-state index in [2.05, 4.69) is 31.4 Å². The van der Waals surface area contributed by atoms with Gasteiger partial charge in [0.15, 0.2) is 0 Å². The van der Waals surface area contributed by atoms with Gasteiger partial charge in [0.05, 0.1) is 0 Å². The zero-order valence-corrected chi connectivity index (χ0v) is 16.7. The van der Waals surface area contributed by atoms with Gasteiger partial charge in [0.2, 0.25) is 0 Å². The van der Waals surface area contributed by atoms with Gasteiger partial charge in [-0.05, 0) is 53.0 Å². The van der Waals surface area contributed by atoms with Gasteiger partial charge in [-0.2, -0.15) is 0 Å². The summed E-state index contributed by atoms with van der Waals surface area (Å²) in [5.74, 6) is 0.745. The summed E-state index contributed by atoms with van der Waals surface area (Å²) in [7, 11) is 0. The molecule has 1 amide bonds. The van der Waals surface area contributed by atoms with Crippen LogP contribution in [0.15, 0.2) is 18.2 Å². The number of aromatic hydroxyl groups is 1. The van der Waals surface area contributed by atoms with Gasteiger partial charge >= 0.3 is 6.09 Å². The first-order chi connectivity index (χ1) is 11.4. The Kier molecular flexibility index (Phi) is 7.29. The molecule has 5 heteroatoms. The Morgan fingerprint density at radius 1 is 1.24 bits per heavy atom. The largest absolute Gasteiger partial charge is 0.508 e. The number of amides is 1. The number of phenols is 1. The Morgan fingerprint density at radius 2 is 1.88 bits per heavy atom. The zero-order valence-electron chi connectivity index (χ0n) is 16.7. The number of nitrogens with one attached hydrogen (secondary N) is 2. The fraction of sp³-hybridized carbons (Fsp3) is 0.650. The Bertz CT molecular complexity index is 579. The van der Waals surface area contributed by atoms with Crippen molar-refractivity contribution in [2.45, 2.75) is 72.6 Å². The van der Waals surface area contributed by atoms with Crippen LogP contribution in [0.1, 0.15) is 59.1 Å². The predicted octanol–water partition coefficient (Wildman–Crippen LogP) is 4.12. The molecule has 0 fully saturated rings. The zero-order chi connectivity index (χ0) is 19.3. The van der Waals surface area contributed by atoms with Crippen molar-refractivity contribution in [3.05, 3.63) is 29.3 Å².